The third kappa shape index (κ3) is 4.69. The summed E-state index contributed by atoms with van der Waals surface area (Å²) in [5, 5.41) is 10.6. The second kappa shape index (κ2) is 13.0. The quantitative estimate of drug-likeness (QED) is 0.161. The van der Waals surface area contributed by atoms with Crippen molar-refractivity contribution in [1.82, 2.24) is 4.57 Å². The molecule has 0 amide bonds. The van der Waals surface area contributed by atoms with Gasteiger partial charge in [0.1, 0.15) is 8.07 Å². The maximum absolute atomic E-state index is 2.58. The highest BCUT2D eigenvalue weighted by Gasteiger charge is 2.52. The highest BCUT2D eigenvalue weighted by atomic mass is 28.3. The molecule has 2 nitrogen and oxygen atoms in total. The molecule has 1 atom stereocenters. The fraction of sp³-hybridized carbons (Fsp3) is 0.0508. The van der Waals surface area contributed by atoms with Gasteiger partial charge >= 0.3 is 0 Å². The van der Waals surface area contributed by atoms with Crippen LogP contribution in [0.2, 0.25) is 13.1 Å². The van der Waals surface area contributed by atoms with Crippen molar-refractivity contribution in [3.8, 4) is 16.8 Å². The van der Waals surface area contributed by atoms with Crippen LogP contribution in [0.5, 0.6) is 0 Å². The Labute approximate surface area is 362 Å². The van der Waals surface area contributed by atoms with Crippen LogP contribution < -0.4 is 15.3 Å². The molecule has 0 bridgehead atoms. The van der Waals surface area contributed by atoms with Gasteiger partial charge < -0.3 is 9.47 Å². The molecule has 1 unspecified atom stereocenters. The lowest BCUT2D eigenvalue weighted by Crippen LogP contribution is -2.63. The summed E-state index contributed by atoms with van der Waals surface area (Å²) in [6.07, 6.45) is 0. The molecule has 11 aromatic rings. The van der Waals surface area contributed by atoms with E-state index in [1.54, 1.807) is 0 Å². The van der Waals surface area contributed by atoms with Gasteiger partial charge in [0.05, 0.1) is 22.1 Å². The Bertz CT molecular complexity index is 3630. The lowest BCUT2D eigenvalue weighted by atomic mass is 9.59. The van der Waals surface area contributed by atoms with E-state index in [2.05, 4.69) is 241 Å². The average Bonchev–Trinajstić information content (AvgIpc) is 3.66. The number of rotatable bonds is 4. The van der Waals surface area contributed by atoms with Crippen LogP contribution in [0.15, 0.2) is 218 Å². The minimum Gasteiger partial charge on any atom is -0.310 e. The van der Waals surface area contributed by atoms with Crippen LogP contribution in [0.3, 0.4) is 0 Å². The van der Waals surface area contributed by atoms with Crippen molar-refractivity contribution in [2.75, 3.05) is 4.90 Å². The van der Waals surface area contributed by atoms with E-state index >= 15 is 0 Å². The van der Waals surface area contributed by atoms with Crippen LogP contribution >= 0.6 is 0 Å². The summed E-state index contributed by atoms with van der Waals surface area (Å²) in [7, 11) is -2.32. The maximum atomic E-state index is 2.58. The van der Waals surface area contributed by atoms with Crippen molar-refractivity contribution < 1.29 is 0 Å². The van der Waals surface area contributed by atoms with E-state index in [-0.39, 0.29) is 0 Å². The number of aromatic nitrogens is 1. The summed E-state index contributed by atoms with van der Waals surface area (Å²) in [4.78, 5) is 2.53. The average molecular weight is 807 g/mol. The number of hydrogen-bond donors (Lipinski definition) is 0. The fourth-order valence-corrected chi connectivity index (χ4v) is 14.8. The molecule has 1 aromatic heterocycles. The predicted molar refractivity (Wildman–Crippen MR) is 265 cm³/mol. The van der Waals surface area contributed by atoms with E-state index in [0.29, 0.717) is 0 Å². The molecular formula is C59H42N2Si. The van der Waals surface area contributed by atoms with Gasteiger partial charge in [-0.15, -0.1) is 0 Å². The minimum absolute atomic E-state index is 0.489. The summed E-state index contributed by atoms with van der Waals surface area (Å²) >= 11 is 0. The van der Waals surface area contributed by atoms with Crippen molar-refractivity contribution >= 4 is 78.9 Å². The van der Waals surface area contributed by atoms with Crippen LogP contribution in [0.1, 0.15) is 22.3 Å². The molecule has 0 fully saturated rings. The van der Waals surface area contributed by atoms with Gasteiger partial charge in [0, 0.05) is 33.2 Å². The molecule has 292 valence electrons. The first-order chi connectivity index (χ1) is 30.5. The Morgan fingerprint density at radius 1 is 0.403 bits per heavy atom. The Balaban J connectivity index is 1.12. The van der Waals surface area contributed by atoms with Crippen LogP contribution in [0, 0.1) is 0 Å². The minimum atomic E-state index is -2.32. The number of para-hydroxylation sites is 2. The number of benzene rings is 10. The van der Waals surface area contributed by atoms with Gasteiger partial charge in [0.25, 0.3) is 0 Å². The number of anilines is 3. The first-order valence-electron chi connectivity index (χ1n) is 21.8. The summed E-state index contributed by atoms with van der Waals surface area (Å²) in [6.45, 7) is 5.13. The molecule has 2 aliphatic rings. The Morgan fingerprint density at radius 2 is 1.00 bits per heavy atom. The monoisotopic (exact) mass is 806 g/mol. The second-order valence-electron chi connectivity index (χ2n) is 17.6. The van der Waals surface area contributed by atoms with Crippen LogP contribution in [0.25, 0.3) is 60.2 Å². The molecule has 3 heteroatoms. The van der Waals surface area contributed by atoms with Crippen LogP contribution in [-0.2, 0) is 5.41 Å². The largest absolute Gasteiger partial charge is 0.310 e. The van der Waals surface area contributed by atoms with E-state index < -0.39 is 13.5 Å². The molecular weight excluding hydrogens is 765 g/mol. The van der Waals surface area contributed by atoms with Crippen LogP contribution in [0.4, 0.5) is 17.1 Å². The van der Waals surface area contributed by atoms with Crippen molar-refractivity contribution in [2.45, 2.75) is 18.5 Å². The molecule has 2 heterocycles. The SMILES string of the molecule is C[Si]1(C)c2ccccc2C2(c3ccccc3-c3cccc4cccc2c34)c2ccc(N(c3ccc4c5ccccc5n(-c5ccccc5)c4c3)c3cccc4ccccc34)cc21. The molecule has 0 N–H and O–H groups in total. The van der Waals surface area contributed by atoms with Gasteiger partial charge in [-0.3, -0.25) is 0 Å². The van der Waals surface area contributed by atoms with Gasteiger partial charge in [-0.25, -0.2) is 0 Å². The van der Waals surface area contributed by atoms with Crippen molar-refractivity contribution in [1.29, 1.82) is 0 Å². The van der Waals surface area contributed by atoms with Crippen molar-refractivity contribution in [2.24, 2.45) is 0 Å². The van der Waals surface area contributed by atoms with Crippen LogP contribution in [-0.4, -0.2) is 12.6 Å². The van der Waals surface area contributed by atoms with Crippen molar-refractivity contribution in [3.05, 3.63) is 241 Å². The van der Waals surface area contributed by atoms with E-state index in [1.807, 2.05) is 0 Å². The first-order valence-corrected chi connectivity index (χ1v) is 24.8. The lowest BCUT2D eigenvalue weighted by Gasteiger charge is -2.50. The number of hydrogen-bond acceptors (Lipinski definition) is 1. The predicted octanol–water partition coefficient (Wildman–Crippen LogP) is 14.1. The molecule has 10 aromatic carbocycles. The summed E-state index contributed by atoms with van der Waals surface area (Å²) < 4.78 is 2.43. The molecule has 1 aliphatic heterocycles. The highest BCUT2D eigenvalue weighted by Crippen LogP contribution is 2.56. The number of fused-ring (bicyclic) bond motifs is 12. The number of nitrogens with zero attached hydrogens (tertiary/aromatic N) is 2. The van der Waals surface area contributed by atoms with Gasteiger partial charge in [-0.05, 0) is 108 Å². The summed E-state index contributed by atoms with van der Waals surface area (Å²) in [5.41, 5.74) is 14.7. The molecule has 62 heavy (non-hydrogen) atoms. The smallest absolute Gasteiger partial charge is 0.113 e. The van der Waals surface area contributed by atoms with Gasteiger partial charge in [-0.1, -0.05) is 183 Å². The lowest BCUT2D eigenvalue weighted by molar-refractivity contribution is 0.754. The maximum Gasteiger partial charge on any atom is 0.113 e. The Kier molecular flexibility index (Phi) is 7.41. The molecule has 0 saturated heterocycles. The molecule has 1 aliphatic carbocycles. The zero-order valence-electron chi connectivity index (χ0n) is 34.7. The summed E-state index contributed by atoms with van der Waals surface area (Å²) in [6, 6.07) is 82.2. The highest BCUT2D eigenvalue weighted by molar-refractivity contribution is 7.01. The van der Waals surface area contributed by atoms with Crippen molar-refractivity contribution in [3.63, 3.8) is 0 Å². The summed E-state index contributed by atoms with van der Waals surface area (Å²) in [5.74, 6) is 0. The third-order valence-electron chi connectivity index (χ3n) is 14.2. The van der Waals surface area contributed by atoms with E-state index in [0.717, 1.165) is 17.1 Å². The fourth-order valence-electron chi connectivity index (χ4n) is 11.6. The Hall–Kier alpha value is -7.46. The molecule has 1 spiro atoms. The second-order valence-corrected chi connectivity index (χ2v) is 22.0. The Morgan fingerprint density at radius 3 is 1.89 bits per heavy atom. The zero-order valence-corrected chi connectivity index (χ0v) is 35.7. The normalized spacial score (nSPS) is 15.8. The van der Waals surface area contributed by atoms with E-state index in [9.17, 15) is 0 Å². The molecule has 0 radical (unpaired) electrons. The molecule has 13 rings (SSSR count). The standard InChI is InChI=1S/C59H42N2Si/c1-62(2)56-32-13-11-28-50(56)59(49-27-10-8-24-45(49)48-26-14-19-40-20-15-29-52(59)58(40)48)51-36-34-43(38-57(51)62)60(53-31-16-18-39-17-6-7-23-44(39)53)42-33-35-47-46-25-9-12-30-54(46)61(55(47)37-42)41-21-4-3-5-22-41/h3-38H,1-2H3. The zero-order chi connectivity index (χ0) is 41.2. The molecule has 0 saturated carbocycles. The van der Waals surface area contributed by atoms with Gasteiger partial charge in [0.15, 0.2) is 0 Å². The van der Waals surface area contributed by atoms with E-state index in [4.69, 9.17) is 0 Å². The van der Waals surface area contributed by atoms with E-state index in [1.165, 1.54) is 92.8 Å². The van der Waals surface area contributed by atoms with Gasteiger partial charge in [-0.2, -0.15) is 0 Å². The van der Waals surface area contributed by atoms with Gasteiger partial charge in [0.2, 0.25) is 0 Å². The topological polar surface area (TPSA) is 8.17 Å². The third-order valence-corrected chi connectivity index (χ3v) is 17.8. The first kappa shape index (κ1) is 35.3.